The quantitative estimate of drug-likeness (QED) is 0.696. The van der Waals surface area contributed by atoms with Crippen molar-refractivity contribution in [2.24, 2.45) is 0 Å². The molecule has 0 spiro atoms. The molecule has 2 nitrogen and oxygen atoms in total. The Kier molecular flexibility index (Phi) is 5.61. The molecule has 2 rings (SSSR count). The average molecular weight is 321 g/mol. The number of carbonyl (C=O) groups is 1. The summed E-state index contributed by atoms with van der Waals surface area (Å²) in [4.78, 5) is 12.9. The van der Waals surface area contributed by atoms with Gasteiger partial charge >= 0.3 is 0 Å². The third-order valence-electron chi connectivity index (χ3n) is 4.24. The van der Waals surface area contributed by atoms with Crippen molar-refractivity contribution in [2.45, 2.75) is 46.5 Å². The van der Waals surface area contributed by atoms with Gasteiger partial charge in [0.15, 0.2) is 0 Å². The van der Waals surface area contributed by atoms with Crippen LogP contribution in [0.1, 0.15) is 73.5 Å². The van der Waals surface area contributed by atoms with E-state index in [-0.39, 0.29) is 5.91 Å². The molecule has 0 aliphatic heterocycles. The lowest BCUT2D eigenvalue weighted by atomic mass is 9.92. The highest BCUT2D eigenvalue weighted by Crippen LogP contribution is 2.33. The molecule has 2 aromatic carbocycles. The third-order valence-corrected chi connectivity index (χ3v) is 4.24. The highest BCUT2D eigenvalue weighted by atomic mass is 16.1. The van der Waals surface area contributed by atoms with Crippen LogP contribution in [0.25, 0.3) is 5.57 Å². The molecular formula is C22H27NO. The Morgan fingerprint density at radius 1 is 0.875 bits per heavy atom. The van der Waals surface area contributed by atoms with Gasteiger partial charge in [0.1, 0.15) is 0 Å². The second-order valence-corrected chi connectivity index (χ2v) is 6.90. The number of allylic oxidation sites excluding steroid dienone is 1. The number of hydrogen-bond donors (Lipinski definition) is 1. The molecule has 24 heavy (non-hydrogen) atoms. The first-order valence-corrected chi connectivity index (χ1v) is 8.52. The maximum Gasteiger partial charge on any atom is 0.256 e. The van der Waals surface area contributed by atoms with Gasteiger partial charge in [0.05, 0.1) is 0 Å². The zero-order valence-corrected chi connectivity index (χ0v) is 15.3. The van der Waals surface area contributed by atoms with Gasteiger partial charge in [0, 0.05) is 11.3 Å². The van der Waals surface area contributed by atoms with E-state index in [1.54, 1.807) is 0 Å². The summed E-state index contributed by atoms with van der Waals surface area (Å²) in [5.41, 5.74) is 5.73. The van der Waals surface area contributed by atoms with Gasteiger partial charge in [-0.3, -0.25) is 4.79 Å². The number of para-hydroxylation sites is 1. The van der Waals surface area contributed by atoms with E-state index < -0.39 is 0 Å². The van der Waals surface area contributed by atoms with Crippen molar-refractivity contribution in [3.8, 4) is 0 Å². The summed E-state index contributed by atoms with van der Waals surface area (Å²) < 4.78 is 0. The third kappa shape index (κ3) is 3.76. The minimum Gasteiger partial charge on any atom is -0.321 e. The van der Waals surface area contributed by atoms with Crippen LogP contribution in [0.15, 0.2) is 49.0 Å². The monoisotopic (exact) mass is 321 g/mol. The van der Waals surface area contributed by atoms with Gasteiger partial charge in [-0.25, -0.2) is 0 Å². The van der Waals surface area contributed by atoms with Gasteiger partial charge in [0.25, 0.3) is 5.91 Å². The van der Waals surface area contributed by atoms with E-state index in [1.165, 1.54) is 11.1 Å². The van der Waals surface area contributed by atoms with Gasteiger partial charge in [-0.05, 0) is 41.5 Å². The molecule has 0 heterocycles. The molecule has 0 fully saturated rings. The lowest BCUT2D eigenvalue weighted by Crippen LogP contribution is -2.17. The smallest absolute Gasteiger partial charge is 0.256 e. The fourth-order valence-corrected chi connectivity index (χ4v) is 2.93. The molecule has 0 saturated carbocycles. The second kappa shape index (κ2) is 7.48. The van der Waals surface area contributed by atoms with Crippen molar-refractivity contribution in [3.05, 3.63) is 71.3 Å². The summed E-state index contributed by atoms with van der Waals surface area (Å²) in [6.07, 6.45) is 0. The summed E-state index contributed by atoms with van der Waals surface area (Å²) >= 11 is 0. The second-order valence-electron chi connectivity index (χ2n) is 6.90. The molecule has 0 aliphatic rings. The Morgan fingerprint density at radius 3 is 1.83 bits per heavy atom. The van der Waals surface area contributed by atoms with Crippen molar-refractivity contribution in [2.75, 3.05) is 5.32 Å². The maximum atomic E-state index is 12.9. The molecule has 0 aromatic heterocycles. The van der Waals surface area contributed by atoms with E-state index in [9.17, 15) is 4.79 Å². The van der Waals surface area contributed by atoms with Crippen molar-refractivity contribution in [3.63, 3.8) is 0 Å². The van der Waals surface area contributed by atoms with Crippen LogP contribution in [0.5, 0.6) is 0 Å². The van der Waals surface area contributed by atoms with Crippen molar-refractivity contribution >= 4 is 17.2 Å². The van der Waals surface area contributed by atoms with Crippen LogP contribution in [-0.4, -0.2) is 5.91 Å². The fourth-order valence-electron chi connectivity index (χ4n) is 2.93. The first kappa shape index (κ1) is 18.0. The topological polar surface area (TPSA) is 29.1 Å². The molecule has 1 amide bonds. The van der Waals surface area contributed by atoms with Crippen LogP contribution in [0.4, 0.5) is 5.69 Å². The molecule has 2 heteroatoms. The van der Waals surface area contributed by atoms with Crippen LogP contribution in [0.3, 0.4) is 0 Å². The molecule has 1 N–H and O–H groups in total. The number of amides is 1. The predicted molar refractivity (Wildman–Crippen MR) is 104 cm³/mol. The van der Waals surface area contributed by atoms with E-state index in [4.69, 9.17) is 0 Å². The Morgan fingerprint density at radius 2 is 1.38 bits per heavy atom. The number of benzene rings is 2. The minimum absolute atomic E-state index is 0.0800. The number of nitrogens with one attached hydrogen (secondary N) is 1. The van der Waals surface area contributed by atoms with Gasteiger partial charge < -0.3 is 5.32 Å². The number of carbonyl (C=O) groups excluding carboxylic acids is 1. The fraction of sp³-hybridized carbons (Fsp3) is 0.318. The number of rotatable bonds is 5. The first-order chi connectivity index (χ1) is 11.3. The highest BCUT2D eigenvalue weighted by molar-refractivity contribution is 6.08. The lowest BCUT2D eigenvalue weighted by Gasteiger charge is -2.20. The molecule has 0 radical (unpaired) electrons. The SMILES string of the molecule is C=C(C)c1ccccc1C(=O)Nc1c(C(C)C)cccc1C(C)C. The zero-order valence-electron chi connectivity index (χ0n) is 15.3. The summed E-state index contributed by atoms with van der Waals surface area (Å²) in [6, 6.07) is 13.9. The molecule has 0 saturated heterocycles. The molecule has 0 aliphatic carbocycles. The standard InChI is InChI=1S/C22H27NO/c1-14(2)17-10-7-8-11-20(17)22(24)23-21-18(15(3)4)12-9-13-19(21)16(5)6/h7-13,15-16H,1H2,2-6H3,(H,23,24). The Hall–Kier alpha value is -2.35. The summed E-state index contributed by atoms with van der Waals surface area (Å²) in [7, 11) is 0. The van der Waals surface area contributed by atoms with Crippen LogP contribution in [0.2, 0.25) is 0 Å². The van der Waals surface area contributed by atoms with Crippen LogP contribution in [-0.2, 0) is 0 Å². The van der Waals surface area contributed by atoms with Gasteiger partial charge in [0.2, 0.25) is 0 Å². The van der Waals surface area contributed by atoms with Crippen molar-refractivity contribution < 1.29 is 4.79 Å². The lowest BCUT2D eigenvalue weighted by molar-refractivity contribution is 0.102. The zero-order chi connectivity index (χ0) is 17.9. The highest BCUT2D eigenvalue weighted by Gasteiger charge is 2.18. The van der Waals surface area contributed by atoms with Crippen molar-refractivity contribution in [1.29, 1.82) is 0 Å². The van der Waals surface area contributed by atoms with Gasteiger partial charge in [-0.1, -0.05) is 76.2 Å². The van der Waals surface area contributed by atoms with Gasteiger partial charge in [-0.2, -0.15) is 0 Å². The number of hydrogen-bond acceptors (Lipinski definition) is 1. The van der Waals surface area contributed by atoms with E-state index in [1.807, 2.05) is 31.2 Å². The Bertz CT molecular complexity index is 730. The van der Waals surface area contributed by atoms with Crippen LogP contribution >= 0.6 is 0 Å². The molecule has 126 valence electrons. The van der Waals surface area contributed by atoms with E-state index in [2.05, 4.69) is 57.8 Å². The molecular weight excluding hydrogens is 294 g/mol. The normalized spacial score (nSPS) is 11.0. The number of anilines is 1. The van der Waals surface area contributed by atoms with Crippen molar-refractivity contribution in [1.82, 2.24) is 0 Å². The summed E-state index contributed by atoms with van der Waals surface area (Å²) in [5, 5.41) is 3.17. The largest absolute Gasteiger partial charge is 0.321 e. The Balaban J connectivity index is 2.48. The van der Waals surface area contributed by atoms with Gasteiger partial charge in [-0.15, -0.1) is 0 Å². The minimum atomic E-state index is -0.0800. The molecule has 0 bridgehead atoms. The summed E-state index contributed by atoms with van der Waals surface area (Å²) in [5.74, 6) is 0.606. The van der Waals surface area contributed by atoms with E-state index in [0.717, 1.165) is 16.8 Å². The first-order valence-electron chi connectivity index (χ1n) is 8.52. The molecule has 0 unspecified atom stereocenters. The average Bonchev–Trinajstić information content (AvgIpc) is 2.54. The molecule has 0 atom stereocenters. The Labute approximate surface area is 145 Å². The van der Waals surface area contributed by atoms with E-state index >= 15 is 0 Å². The maximum absolute atomic E-state index is 12.9. The van der Waals surface area contributed by atoms with Crippen LogP contribution < -0.4 is 5.32 Å². The summed E-state index contributed by atoms with van der Waals surface area (Å²) in [6.45, 7) is 14.5. The van der Waals surface area contributed by atoms with E-state index in [0.29, 0.717) is 17.4 Å². The predicted octanol–water partition coefficient (Wildman–Crippen LogP) is 6.22. The van der Waals surface area contributed by atoms with Crippen LogP contribution in [0, 0.1) is 0 Å². The molecule has 2 aromatic rings.